The van der Waals surface area contributed by atoms with Crippen LogP contribution in [0.3, 0.4) is 0 Å². The van der Waals surface area contributed by atoms with Crippen LogP contribution in [0.1, 0.15) is 35.2 Å². The predicted molar refractivity (Wildman–Crippen MR) is 81.4 cm³/mol. The SMILES string of the molecule is Cc1ccc(NC(=O)CC2CCSCC2)c(C(=O)O)c1. The highest BCUT2D eigenvalue weighted by Gasteiger charge is 2.19. The Labute approximate surface area is 123 Å². The molecular weight excluding hydrogens is 274 g/mol. The second kappa shape index (κ2) is 6.79. The molecule has 1 fully saturated rings. The maximum atomic E-state index is 12.0. The molecule has 1 aromatic carbocycles. The summed E-state index contributed by atoms with van der Waals surface area (Å²) in [6.45, 7) is 1.83. The number of aryl methyl sites for hydroxylation is 1. The van der Waals surface area contributed by atoms with Crippen LogP contribution in [0.5, 0.6) is 0 Å². The van der Waals surface area contributed by atoms with Gasteiger partial charge >= 0.3 is 5.97 Å². The Bertz CT molecular complexity index is 510. The Kier molecular flexibility index (Phi) is 5.06. The van der Waals surface area contributed by atoms with Crippen LogP contribution in [-0.2, 0) is 4.79 Å². The molecule has 0 unspecified atom stereocenters. The first-order valence-electron chi connectivity index (χ1n) is 6.78. The van der Waals surface area contributed by atoms with Gasteiger partial charge in [-0.1, -0.05) is 11.6 Å². The summed E-state index contributed by atoms with van der Waals surface area (Å²) in [6.07, 6.45) is 2.61. The molecule has 0 aromatic heterocycles. The van der Waals surface area contributed by atoms with Crippen LogP contribution in [0.4, 0.5) is 5.69 Å². The molecular formula is C15H19NO3S. The number of carboxylic acids is 1. The van der Waals surface area contributed by atoms with Gasteiger partial charge < -0.3 is 10.4 Å². The number of thioether (sulfide) groups is 1. The minimum Gasteiger partial charge on any atom is -0.478 e. The molecule has 1 saturated heterocycles. The van der Waals surface area contributed by atoms with E-state index in [4.69, 9.17) is 0 Å². The third-order valence-corrected chi connectivity index (χ3v) is 4.54. The summed E-state index contributed by atoms with van der Waals surface area (Å²) < 4.78 is 0. The number of amides is 1. The molecule has 1 aliphatic rings. The largest absolute Gasteiger partial charge is 0.478 e. The zero-order chi connectivity index (χ0) is 14.5. The smallest absolute Gasteiger partial charge is 0.337 e. The molecule has 0 bridgehead atoms. The van der Waals surface area contributed by atoms with Gasteiger partial charge in [-0.25, -0.2) is 4.79 Å². The summed E-state index contributed by atoms with van der Waals surface area (Å²) in [5.41, 5.74) is 1.40. The first-order valence-corrected chi connectivity index (χ1v) is 7.93. The monoisotopic (exact) mass is 293 g/mol. The quantitative estimate of drug-likeness (QED) is 0.895. The van der Waals surface area contributed by atoms with Crippen molar-refractivity contribution in [3.8, 4) is 0 Å². The molecule has 0 radical (unpaired) electrons. The Hall–Kier alpha value is -1.49. The molecule has 0 spiro atoms. The van der Waals surface area contributed by atoms with Crippen molar-refractivity contribution in [1.29, 1.82) is 0 Å². The molecule has 1 heterocycles. The minimum atomic E-state index is -1.02. The summed E-state index contributed by atoms with van der Waals surface area (Å²) >= 11 is 1.93. The van der Waals surface area contributed by atoms with E-state index >= 15 is 0 Å². The standard InChI is InChI=1S/C15H19NO3S/c1-10-2-3-13(12(8-10)15(18)19)16-14(17)9-11-4-6-20-7-5-11/h2-3,8,11H,4-7,9H2,1H3,(H,16,17)(H,18,19). The van der Waals surface area contributed by atoms with Gasteiger partial charge in [-0.3, -0.25) is 4.79 Å². The molecule has 5 heteroatoms. The van der Waals surface area contributed by atoms with Gasteiger partial charge in [-0.2, -0.15) is 11.8 Å². The molecule has 4 nitrogen and oxygen atoms in total. The maximum Gasteiger partial charge on any atom is 0.337 e. The molecule has 2 N–H and O–H groups in total. The van der Waals surface area contributed by atoms with E-state index in [1.807, 2.05) is 18.7 Å². The summed E-state index contributed by atoms with van der Waals surface area (Å²) in [4.78, 5) is 23.2. The fourth-order valence-corrected chi connectivity index (χ4v) is 3.56. The topological polar surface area (TPSA) is 66.4 Å². The summed E-state index contributed by atoms with van der Waals surface area (Å²) in [5, 5.41) is 11.9. The van der Waals surface area contributed by atoms with Gasteiger partial charge in [0.2, 0.25) is 5.91 Å². The normalized spacial score (nSPS) is 15.8. The highest BCUT2D eigenvalue weighted by atomic mass is 32.2. The number of hydrogen-bond donors (Lipinski definition) is 2. The van der Waals surface area contributed by atoms with E-state index in [0.717, 1.165) is 29.9 Å². The van der Waals surface area contributed by atoms with Crippen LogP contribution >= 0.6 is 11.8 Å². The number of benzene rings is 1. The molecule has 2 rings (SSSR count). The van der Waals surface area contributed by atoms with Gasteiger partial charge in [-0.05, 0) is 49.3 Å². The van der Waals surface area contributed by atoms with Gasteiger partial charge in [0.15, 0.2) is 0 Å². The van der Waals surface area contributed by atoms with Gasteiger partial charge in [0.1, 0.15) is 0 Å². The number of carbonyl (C=O) groups excluding carboxylic acids is 1. The second-order valence-corrected chi connectivity index (χ2v) is 6.39. The number of hydrogen-bond acceptors (Lipinski definition) is 3. The Morgan fingerprint density at radius 2 is 2.05 bits per heavy atom. The number of carboxylic acid groups (broad SMARTS) is 1. The van der Waals surface area contributed by atoms with E-state index in [1.165, 1.54) is 0 Å². The number of carbonyl (C=O) groups is 2. The summed E-state index contributed by atoms with van der Waals surface area (Å²) in [7, 11) is 0. The van der Waals surface area contributed by atoms with Crippen LogP contribution < -0.4 is 5.32 Å². The fraction of sp³-hybridized carbons (Fsp3) is 0.467. The number of aromatic carboxylic acids is 1. The van der Waals surface area contributed by atoms with Crippen LogP contribution in [-0.4, -0.2) is 28.5 Å². The third-order valence-electron chi connectivity index (χ3n) is 3.49. The number of nitrogens with one attached hydrogen (secondary N) is 1. The maximum absolute atomic E-state index is 12.0. The van der Waals surface area contributed by atoms with Crippen molar-refractivity contribution in [2.75, 3.05) is 16.8 Å². The van der Waals surface area contributed by atoms with Crippen molar-refractivity contribution in [3.63, 3.8) is 0 Å². The zero-order valence-electron chi connectivity index (χ0n) is 11.5. The number of rotatable bonds is 4. The fourth-order valence-electron chi connectivity index (χ4n) is 2.36. The van der Waals surface area contributed by atoms with E-state index in [-0.39, 0.29) is 11.5 Å². The summed E-state index contributed by atoms with van der Waals surface area (Å²) in [6, 6.07) is 5.04. The molecule has 20 heavy (non-hydrogen) atoms. The lowest BCUT2D eigenvalue weighted by Crippen LogP contribution is -2.20. The predicted octanol–water partition coefficient (Wildman–Crippen LogP) is 3.17. The van der Waals surface area contributed by atoms with Gasteiger partial charge in [0.25, 0.3) is 0 Å². The minimum absolute atomic E-state index is 0.0896. The van der Waals surface area contributed by atoms with E-state index < -0.39 is 5.97 Å². The van der Waals surface area contributed by atoms with Crippen LogP contribution in [0.2, 0.25) is 0 Å². The van der Waals surface area contributed by atoms with Crippen molar-refractivity contribution < 1.29 is 14.7 Å². The van der Waals surface area contributed by atoms with Gasteiger partial charge in [0.05, 0.1) is 11.3 Å². The molecule has 0 atom stereocenters. The Morgan fingerprint density at radius 3 is 2.70 bits per heavy atom. The van der Waals surface area contributed by atoms with Gasteiger partial charge in [-0.15, -0.1) is 0 Å². The second-order valence-electron chi connectivity index (χ2n) is 5.16. The van der Waals surface area contributed by atoms with E-state index in [2.05, 4.69) is 5.32 Å². The average Bonchev–Trinajstić information content (AvgIpc) is 2.41. The lowest BCUT2D eigenvalue weighted by molar-refractivity contribution is -0.117. The first kappa shape index (κ1) is 14.9. The molecule has 1 aliphatic heterocycles. The van der Waals surface area contributed by atoms with Crippen molar-refractivity contribution >= 4 is 29.3 Å². The van der Waals surface area contributed by atoms with E-state index in [9.17, 15) is 14.7 Å². The first-order chi connectivity index (χ1) is 9.56. The molecule has 1 aromatic rings. The Balaban J connectivity index is 2.01. The average molecular weight is 293 g/mol. The van der Waals surface area contributed by atoms with Crippen molar-refractivity contribution in [1.82, 2.24) is 0 Å². The zero-order valence-corrected chi connectivity index (χ0v) is 12.3. The van der Waals surface area contributed by atoms with Crippen LogP contribution in [0.25, 0.3) is 0 Å². The van der Waals surface area contributed by atoms with Crippen molar-refractivity contribution in [2.24, 2.45) is 5.92 Å². The number of anilines is 1. The highest BCUT2D eigenvalue weighted by Crippen LogP contribution is 2.26. The van der Waals surface area contributed by atoms with Crippen molar-refractivity contribution in [2.45, 2.75) is 26.2 Å². The third kappa shape index (κ3) is 4.00. The highest BCUT2D eigenvalue weighted by molar-refractivity contribution is 7.99. The lowest BCUT2D eigenvalue weighted by atomic mass is 9.98. The Morgan fingerprint density at radius 1 is 1.35 bits per heavy atom. The van der Waals surface area contributed by atoms with Crippen LogP contribution in [0, 0.1) is 12.8 Å². The van der Waals surface area contributed by atoms with E-state index in [0.29, 0.717) is 18.0 Å². The molecule has 0 aliphatic carbocycles. The summed E-state index contributed by atoms with van der Waals surface area (Å²) in [5.74, 6) is 1.55. The molecule has 0 saturated carbocycles. The lowest BCUT2D eigenvalue weighted by Gasteiger charge is -2.20. The van der Waals surface area contributed by atoms with Crippen molar-refractivity contribution in [3.05, 3.63) is 29.3 Å². The van der Waals surface area contributed by atoms with E-state index in [1.54, 1.807) is 18.2 Å². The molecule has 1 amide bonds. The van der Waals surface area contributed by atoms with Gasteiger partial charge in [0, 0.05) is 6.42 Å². The van der Waals surface area contributed by atoms with Crippen LogP contribution in [0.15, 0.2) is 18.2 Å². The molecule has 108 valence electrons.